The van der Waals surface area contributed by atoms with E-state index >= 15 is 0 Å². The second-order valence-electron chi connectivity index (χ2n) is 6.00. The van der Waals surface area contributed by atoms with E-state index in [1.807, 2.05) is 0 Å². The zero-order valence-electron chi connectivity index (χ0n) is 13.9. The molecule has 24 heavy (non-hydrogen) atoms. The molecule has 0 spiro atoms. The third-order valence-corrected chi connectivity index (χ3v) is 5.25. The molecule has 4 rings (SSSR count). The predicted octanol–water partition coefficient (Wildman–Crippen LogP) is 3.81. The first kappa shape index (κ1) is 17.1. The molecule has 1 aliphatic rings. The molecule has 4 nitrogen and oxygen atoms in total. The smallest absolute Gasteiger partial charge is 0.227 e. The van der Waals surface area contributed by atoms with Crippen LogP contribution in [0.3, 0.4) is 0 Å². The molecule has 1 saturated heterocycles. The van der Waals surface area contributed by atoms with E-state index in [1.54, 1.807) is 11.3 Å². The van der Waals surface area contributed by atoms with E-state index in [4.69, 9.17) is 9.97 Å². The lowest BCUT2D eigenvalue weighted by Gasteiger charge is -2.27. The van der Waals surface area contributed by atoms with Gasteiger partial charge in [-0.2, -0.15) is 0 Å². The van der Waals surface area contributed by atoms with Gasteiger partial charge in [-0.25, -0.2) is 9.97 Å². The summed E-state index contributed by atoms with van der Waals surface area (Å²) in [7, 11) is 0. The molecule has 3 heterocycles. The SMILES string of the molecule is Cc1cc2c(-c3ccccc3C)nc(N3CCNCC3)nc2s1.Cl. The Bertz CT molecular complexity index is 855. The Kier molecular flexibility index (Phi) is 5.04. The quantitative estimate of drug-likeness (QED) is 0.754. The van der Waals surface area contributed by atoms with Crippen LogP contribution in [0.4, 0.5) is 5.95 Å². The maximum Gasteiger partial charge on any atom is 0.227 e. The van der Waals surface area contributed by atoms with Gasteiger partial charge in [-0.3, -0.25) is 0 Å². The topological polar surface area (TPSA) is 41.1 Å². The highest BCUT2D eigenvalue weighted by Gasteiger charge is 2.18. The van der Waals surface area contributed by atoms with Crippen molar-refractivity contribution in [2.24, 2.45) is 0 Å². The van der Waals surface area contributed by atoms with Gasteiger partial charge in [-0.1, -0.05) is 24.3 Å². The van der Waals surface area contributed by atoms with Crippen LogP contribution in [0.2, 0.25) is 0 Å². The average molecular weight is 361 g/mol. The first-order valence-corrected chi connectivity index (χ1v) is 8.84. The molecule has 0 atom stereocenters. The first-order chi connectivity index (χ1) is 11.2. The van der Waals surface area contributed by atoms with E-state index in [9.17, 15) is 0 Å². The molecule has 0 saturated carbocycles. The van der Waals surface area contributed by atoms with Crippen molar-refractivity contribution in [1.29, 1.82) is 0 Å². The fourth-order valence-electron chi connectivity index (χ4n) is 3.08. The number of nitrogens with one attached hydrogen (secondary N) is 1. The second-order valence-corrected chi connectivity index (χ2v) is 7.23. The van der Waals surface area contributed by atoms with Crippen LogP contribution >= 0.6 is 23.7 Å². The number of aryl methyl sites for hydroxylation is 2. The molecule has 2 aromatic heterocycles. The molecule has 0 radical (unpaired) electrons. The summed E-state index contributed by atoms with van der Waals surface area (Å²) in [4.78, 5) is 14.5. The van der Waals surface area contributed by atoms with Crippen LogP contribution < -0.4 is 10.2 Å². The van der Waals surface area contributed by atoms with Crippen LogP contribution in [0.5, 0.6) is 0 Å². The number of nitrogens with zero attached hydrogens (tertiary/aromatic N) is 3. The number of fused-ring (bicyclic) bond motifs is 1. The molecule has 126 valence electrons. The Morgan fingerprint density at radius 1 is 1.08 bits per heavy atom. The molecule has 0 amide bonds. The molecule has 0 unspecified atom stereocenters. The van der Waals surface area contributed by atoms with Gasteiger partial charge in [0.15, 0.2) is 0 Å². The van der Waals surface area contributed by atoms with Crippen LogP contribution in [0, 0.1) is 13.8 Å². The Morgan fingerprint density at radius 3 is 2.58 bits per heavy atom. The van der Waals surface area contributed by atoms with Crippen LogP contribution in [0.1, 0.15) is 10.4 Å². The fourth-order valence-corrected chi connectivity index (χ4v) is 3.96. The molecule has 6 heteroatoms. The number of halogens is 1. The molecule has 0 aliphatic carbocycles. The Labute approximate surface area is 152 Å². The number of aromatic nitrogens is 2. The van der Waals surface area contributed by atoms with E-state index < -0.39 is 0 Å². The van der Waals surface area contributed by atoms with Crippen LogP contribution in [0.25, 0.3) is 21.5 Å². The summed E-state index contributed by atoms with van der Waals surface area (Å²) in [5.41, 5.74) is 3.52. The standard InChI is InChI=1S/C18H20N4S.ClH/c1-12-5-3-4-6-14(12)16-15-11-13(2)23-17(15)21-18(20-16)22-9-7-19-8-10-22;/h3-6,11,19H,7-10H2,1-2H3;1H. The van der Waals surface area contributed by atoms with Crippen molar-refractivity contribution in [1.82, 2.24) is 15.3 Å². The maximum atomic E-state index is 4.96. The molecular weight excluding hydrogens is 340 g/mol. The highest BCUT2D eigenvalue weighted by molar-refractivity contribution is 7.18. The summed E-state index contributed by atoms with van der Waals surface area (Å²) in [5, 5.41) is 4.55. The number of piperazine rings is 1. The predicted molar refractivity (Wildman–Crippen MR) is 105 cm³/mol. The third kappa shape index (κ3) is 3.11. The second kappa shape index (κ2) is 7.05. The van der Waals surface area contributed by atoms with E-state index in [0.717, 1.165) is 42.7 Å². The highest BCUT2D eigenvalue weighted by Crippen LogP contribution is 2.34. The van der Waals surface area contributed by atoms with Gasteiger partial charge in [-0.05, 0) is 25.5 Å². The highest BCUT2D eigenvalue weighted by atomic mass is 35.5. The van der Waals surface area contributed by atoms with Crippen molar-refractivity contribution in [2.45, 2.75) is 13.8 Å². The van der Waals surface area contributed by atoms with Crippen molar-refractivity contribution >= 4 is 39.9 Å². The van der Waals surface area contributed by atoms with Gasteiger partial charge in [0.2, 0.25) is 5.95 Å². The normalized spacial score (nSPS) is 14.7. The number of thiophene rings is 1. The van der Waals surface area contributed by atoms with Crippen LogP contribution in [-0.2, 0) is 0 Å². The molecule has 0 bridgehead atoms. The van der Waals surface area contributed by atoms with Gasteiger partial charge in [0, 0.05) is 42.0 Å². The third-order valence-electron chi connectivity index (χ3n) is 4.30. The van der Waals surface area contributed by atoms with Gasteiger partial charge in [0.1, 0.15) is 4.83 Å². The molecule has 1 aromatic carbocycles. The minimum absolute atomic E-state index is 0. The van der Waals surface area contributed by atoms with E-state index in [1.165, 1.54) is 21.4 Å². The van der Waals surface area contributed by atoms with Gasteiger partial charge in [0.05, 0.1) is 5.69 Å². The van der Waals surface area contributed by atoms with Gasteiger partial charge in [0.25, 0.3) is 0 Å². The van der Waals surface area contributed by atoms with Gasteiger partial charge < -0.3 is 10.2 Å². The first-order valence-electron chi connectivity index (χ1n) is 8.02. The molecule has 1 N–H and O–H groups in total. The molecular formula is C18H21ClN4S. The van der Waals surface area contributed by atoms with Gasteiger partial charge in [-0.15, -0.1) is 23.7 Å². The summed E-state index contributed by atoms with van der Waals surface area (Å²) in [6.07, 6.45) is 0. The molecule has 3 aromatic rings. The lowest BCUT2D eigenvalue weighted by molar-refractivity contribution is 0.581. The van der Waals surface area contributed by atoms with Crippen molar-refractivity contribution in [3.05, 3.63) is 40.8 Å². The summed E-state index contributed by atoms with van der Waals surface area (Å²) < 4.78 is 0. The Morgan fingerprint density at radius 2 is 1.83 bits per heavy atom. The van der Waals surface area contributed by atoms with Crippen molar-refractivity contribution in [2.75, 3.05) is 31.1 Å². The number of hydrogen-bond donors (Lipinski definition) is 1. The minimum Gasteiger partial charge on any atom is -0.338 e. The lowest BCUT2D eigenvalue weighted by Crippen LogP contribution is -2.44. The number of anilines is 1. The van der Waals surface area contributed by atoms with Crippen molar-refractivity contribution in [3.63, 3.8) is 0 Å². The number of hydrogen-bond acceptors (Lipinski definition) is 5. The van der Waals surface area contributed by atoms with E-state index in [-0.39, 0.29) is 12.4 Å². The van der Waals surface area contributed by atoms with Gasteiger partial charge >= 0.3 is 0 Å². The summed E-state index contributed by atoms with van der Waals surface area (Å²) >= 11 is 1.75. The average Bonchev–Trinajstić information content (AvgIpc) is 2.95. The largest absolute Gasteiger partial charge is 0.338 e. The van der Waals surface area contributed by atoms with Crippen molar-refractivity contribution in [3.8, 4) is 11.3 Å². The minimum atomic E-state index is 0. The Hall–Kier alpha value is -1.69. The number of rotatable bonds is 2. The summed E-state index contributed by atoms with van der Waals surface area (Å²) in [6.45, 7) is 8.19. The zero-order chi connectivity index (χ0) is 15.8. The maximum absolute atomic E-state index is 4.96. The lowest BCUT2D eigenvalue weighted by atomic mass is 10.0. The number of benzene rings is 1. The van der Waals surface area contributed by atoms with E-state index in [0.29, 0.717) is 0 Å². The monoisotopic (exact) mass is 360 g/mol. The molecule has 1 fully saturated rings. The van der Waals surface area contributed by atoms with E-state index in [2.05, 4.69) is 54.4 Å². The fraction of sp³-hybridized carbons (Fsp3) is 0.333. The zero-order valence-corrected chi connectivity index (χ0v) is 15.5. The van der Waals surface area contributed by atoms with Crippen molar-refractivity contribution < 1.29 is 0 Å². The Balaban J connectivity index is 0.00000169. The van der Waals surface area contributed by atoms with Crippen LogP contribution in [0.15, 0.2) is 30.3 Å². The van der Waals surface area contributed by atoms with Crippen LogP contribution in [-0.4, -0.2) is 36.1 Å². The summed E-state index contributed by atoms with van der Waals surface area (Å²) in [5.74, 6) is 0.860. The molecule has 1 aliphatic heterocycles. The summed E-state index contributed by atoms with van der Waals surface area (Å²) in [6, 6.07) is 10.7.